The summed E-state index contributed by atoms with van der Waals surface area (Å²) in [6.45, 7) is 7.52. The van der Waals surface area contributed by atoms with E-state index in [0.29, 0.717) is 6.04 Å². The molecule has 1 aliphatic carbocycles. The second-order valence-electron chi connectivity index (χ2n) is 7.77. The lowest BCUT2D eigenvalue weighted by atomic mass is 9.75. The summed E-state index contributed by atoms with van der Waals surface area (Å²) in [4.78, 5) is 5.52. The van der Waals surface area contributed by atoms with Crippen LogP contribution in [0.15, 0.2) is 0 Å². The molecule has 3 aliphatic rings. The van der Waals surface area contributed by atoms with Crippen LogP contribution in [0.1, 0.15) is 46.0 Å². The zero-order valence-corrected chi connectivity index (χ0v) is 13.8. The summed E-state index contributed by atoms with van der Waals surface area (Å²) in [6.07, 6.45) is 6.98. The van der Waals surface area contributed by atoms with Crippen LogP contribution in [0.2, 0.25) is 0 Å². The number of nitrogens with one attached hydrogen (secondary N) is 1. The predicted octanol–water partition coefficient (Wildman–Crippen LogP) is 2.18. The molecule has 3 fully saturated rings. The molecule has 3 rings (SSSR count). The van der Waals surface area contributed by atoms with E-state index in [4.69, 9.17) is 0 Å². The minimum atomic E-state index is 0.690. The van der Waals surface area contributed by atoms with E-state index in [0.717, 1.165) is 30.0 Å². The van der Waals surface area contributed by atoms with Crippen LogP contribution >= 0.6 is 0 Å². The predicted molar refractivity (Wildman–Crippen MR) is 85.0 cm³/mol. The molecule has 0 amide bonds. The highest BCUT2D eigenvalue weighted by atomic mass is 15.3. The minimum Gasteiger partial charge on any atom is -0.315 e. The van der Waals surface area contributed by atoms with Gasteiger partial charge in [0.25, 0.3) is 0 Å². The Balaban J connectivity index is 1.73. The maximum atomic E-state index is 3.63. The Kier molecular flexibility index (Phi) is 4.40. The van der Waals surface area contributed by atoms with Crippen molar-refractivity contribution < 1.29 is 0 Å². The molecule has 6 unspecified atom stereocenters. The SMILES string of the molecule is CNC1CC(C)CC(C)C1N1CCC2CCC(C1)N2C. The molecule has 6 atom stereocenters. The Morgan fingerprint density at radius 2 is 1.75 bits per heavy atom. The van der Waals surface area contributed by atoms with Crippen molar-refractivity contribution in [2.45, 2.75) is 70.1 Å². The van der Waals surface area contributed by atoms with Gasteiger partial charge in [-0.2, -0.15) is 0 Å². The van der Waals surface area contributed by atoms with Crippen molar-refractivity contribution in [2.24, 2.45) is 11.8 Å². The summed E-state index contributed by atoms with van der Waals surface area (Å²) in [6, 6.07) is 3.11. The van der Waals surface area contributed by atoms with Crippen molar-refractivity contribution in [1.82, 2.24) is 15.1 Å². The lowest BCUT2D eigenvalue weighted by Crippen LogP contribution is -2.57. The molecule has 3 heteroatoms. The van der Waals surface area contributed by atoms with Crippen LogP contribution in [0.5, 0.6) is 0 Å². The molecule has 0 radical (unpaired) electrons. The number of hydrogen-bond acceptors (Lipinski definition) is 3. The summed E-state index contributed by atoms with van der Waals surface area (Å²) < 4.78 is 0. The molecule has 1 N–H and O–H groups in total. The van der Waals surface area contributed by atoms with E-state index in [2.05, 4.69) is 43.1 Å². The van der Waals surface area contributed by atoms with Gasteiger partial charge < -0.3 is 5.32 Å². The molecule has 1 saturated carbocycles. The Morgan fingerprint density at radius 1 is 1.00 bits per heavy atom. The lowest BCUT2D eigenvalue weighted by Gasteiger charge is -2.46. The maximum absolute atomic E-state index is 3.63. The van der Waals surface area contributed by atoms with Gasteiger partial charge >= 0.3 is 0 Å². The smallest absolute Gasteiger partial charge is 0.0275 e. The molecule has 2 heterocycles. The minimum absolute atomic E-state index is 0.690. The summed E-state index contributed by atoms with van der Waals surface area (Å²) >= 11 is 0. The average Bonchev–Trinajstić information content (AvgIpc) is 2.64. The fourth-order valence-electron chi connectivity index (χ4n) is 5.35. The first-order valence-corrected chi connectivity index (χ1v) is 8.73. The van der Waals surface area contributed by atoms with E-state index in [-0.39, 0.29) is 0 Å². The highest BCUT2D eigenvalue weighted by Crippen LogP contribution is 2.36. The van der Waals surface area contributed by atoms with E-state index >= 15 is 0 Å². The van der Waals surface area contributed by atoms with Crippen molar-refractivity contribution >= 4 is 0 Å². The Morgan fingerprint density at radius 3 is 2.50 bits per heavy atom. The quantitative estimate of drug-likeness (QED) is 0.836. The van der Waals surface area contributed by atoms with Crippen LogP contribution in [0.25, 0.3) is 0 Å². The van der Waals surface area contributed by atoms with E-state index in [9.17, 15) is 0 Å². The second-order valence-corrected chi connectivity index (χ2v) is 7.77. The first kappa shape index (κ1) is 14.8. The Bertz CT molecular complexity index is 332. The Labute approximate surface area is 125 Å². The van der Waals surface area contributed by atoms with E-state index in [1.165, 1.54) is 45.2 Å². The largest absolute Gasteiger partial charge is 0.315 e. The number of likely N-dealkylation sites (tertiary alicyclic amines) is 1. The number of likely N-dealkylation sites (N-methyl/N-ethyl adjacent to an activating group) is 2. The van der Waals surface area contributed by atoms with Gasteiger partial charge in [0.15, 0.2) is 0 Å². The summed E-state index contributed by atoms with van der Waals surface area (Å²) in [7, 11) is 4.52. The third kappa shape index (κ3) is 2.65. The van der Waals surface area contributed by atoms with Gasteiger partial charge in [0, 0.05) is 37.3 Å². The molecule has 2 saturated heterocycles. The first-order valence-electron chi connectivity index (χ1n) is 8.73. The molecule has 0 aromatic heterocycles. The van der Waals surface area contributed by atoms with Crippen LogP contribution in [-0.2, 0) is 0 Å². The lowest BCUT2D eigenvalue weighted by molar-refractivity contribution is 0.0574. The maximum Gasteiger partial charge on any atom is 0.0275 e. The second kappa shape index (κ2) is 5.94. The third-order valence-corrected chi connectivity index (χ3v) is 6.40. The van der Waals surface area contributed by atoms with Gasteiger partial charge in [0.2, 0.25) is 0 Å². The van der Waals surface area contributed by atoms with Crippen LogP contribution in [0, 0.1) is 11.8 Å². The van der Waals surface area contributed by atoms with Crippen molar-refractivity contribution in [2.75, 3.05) is 27.2 Å². The van der Waals surface area contributed by atoms with Gasteiger partial charge in [-0.3, -0.25) is 9.80 Å². The van der Waals surface area contributed by atoms with Crippen LogP contribution in [-0.4, -0.2) is 61.2 Å². The summed E-state index contributed by atoms with van der Waals surface area (Å²) in [5.74, 6) is 1.71. The fourth-order valence-corrected chi connectivity index (χ4v) is 5.35. The van der Waals surface area contributed by atoms with E-state index in [1.807, 2.05) is 0 Å². The summed E-state index contributed by atoms with van der Waals surface area (Å²) in [5.41, 5.74) is 0. The molecule has 3 nitrogen and oxygen atoms in total. The summed E-state index contributed by atoms with van der Waals surface area (Å²) in [5, 5.41) is 3.63. The fraction of sp³-hybridized carbons (Fsp3) is 1.00. The third-order valence-electron chi connectivity index (χ3n) is 6.40. The molecule has 2 bridgehead atoms. The highest BCUT2D eigenvalue weighted by Gasteiger charge is 2.41. The zero-order valence-electron chi connectivity index (χ0n) is 13.8. The molecule has 0 aromatic carbocycles. The average molecular weight is 279 g/mol. The van der Waals surface area contributed by atoms with Gasteiger partial charge in [0.05, 0.1) is 0 Å². The molecule has 0 spiro atoms. The van der Waals surface area contributed by atoms with Gasteiger partial charge in [-0.05, 0) is 58.0 Å². The number of rotatable bonds is 2. The molecular weight excluding hydrogens is 246 g/mol. The van der Waals surface area contributed by atoms with Crippen molar-refractivity contribution in [3.63, 3.8) is 0 Å². The highest BCUT2D eigenvalue weighted by molar-refractivity contribution is 4.98. The van der Waals surface area contributed by atoms with E-state index < -0.39 is 0 Å². The first-order chi connectivity index (χ1) is 9.60. The molecule has 0 aromatic rings. The van der Waals surface area contributed by atoms with Crippen LogP contribution in [0.3, 0.4) is 0 Å². The Hall–Kier alpha value is -0.120. The van der Waals surface area contributed by atoms with Gasteiger partial charge in [-0.1, -0.05) is 13.8 Å². The molecule has 2 aliphatic heterocycles. The molecular formula is C17H33N3. The molecule has 20 heavy (non-hydrogen) atoms. The van der Waals surface area contributed by atoms with Crippen LogP contribution < -0.4 is 5.32 Å². The topological polar surface area (TPSA) is 18.5 Å². The number of hydrogen-bond donors (Lipinski definition) is 1. The van der Waals surface area contributed by atoms with Crippen LogP contribution in [0.4, 0.5) is 0 Å². The standard InChI is InChI=1S/C17H33N3/c1-12-9-13(2)17(16(10-12)18-3)20-8-7-14-5-6-15(11-20)19(14)4/h12-18H,5-11H2,1-4H3. The monoisotopic (exact) mass is 279 g/mol. The number of fused-ring (bicyclic) bond motifs is 2. The van der Waals surface area contributed by atoms with Gasteiger partial charge in [0.1, 0.15) is 0 Å². The number of nitrogens with zero attached hydrogens (tertiary/aromatic N) is 2. The van der Waals surface area contributed by atoms with E-state index in [1.54, 1.807) is 0 Å². The molecule has 116 valence electrons. The van der Waals surface area contributed by atoms with Crippen molar-refractivity contribution in [1.29, 1.82) is 0 Å². The zero-order chi connectivity index (χ0) is 14.3. The van der Waals surface area contributed by atoms with Gasteiger partial charge in [-0.15, -0.1) is 0 Å². The normalized spacial score (nSPS) is 47.4. The van der Waals surface area contributed by atoms with Gasteiger partial charge in [-0.25, -0.2) is 0 Å². The van der Waals surface area contributed by atoms with Crippen molar-refractivity contribution in [3.8, 4) is 0 Å². The van der Waals surface area contributed by atoms with Crippen molar-refractivity contribution in [3.05, 3.63) is 0 Å².